The monoisotopic (exact) mass is 508 g/mol. The molecule has 0 saturated carbocycles. The van der Waals surface area contributed by atoms with Gasteiger partial charge in [0.1, 0.15) is 17.4 Å². The first kappa shape index (κ1) is 22.3. The van der Waals surface area contributed by atoms with Crippen molar-refractivity contribution in [3.8, 4) is 5.75 Å². The van der Waals surface area contributed by atoms with Gasteiger partial charge in [0.2, 0.25) is 0 Å². The lowest BCUT2D eigenvalue weighted by atomic mass is 10.2. The van der Waals surface area contributed by atoms with Crippen LogP contribution in [-0.2, 0) is 4.79 Å². The van der Waals surface area contributed by atoms with Crippen molar-refractivity contribution in [3.05, 3.63) is 98.8 Å². The normalized spacial score (nSPS) is 11.1. The minimum Gasteiger partial charge on any atom is -0.483 e. The molecule has 0 saturated heterocycles. The summed E-state index contributed by atoms with van der Waals surface area (Å²) in [6.45, 7) is 1.36. The number of carbonyl (C=O) groups is 1. The van der Waals surface area contributed by atoms with Crippen LogP contribution in [0.1, 0.15) is 11.4 Å². The summed E-state index contributed by atoms with van der Waals surface area (Å²) in [5.74, 6) is -0.237. The van der Waals surface area contributed by atoms with Gasteiger partial charge in [-0.05, 0) is 49.4 Å². The molecule has 4 rings (SSSR count). The van der Waals surface area contributed by atoms with Gasteiger partial charge in [-0.25, -0.2) is 9.37 Å². The molecule has 0 aliphatic carbocycles. The van der Waals surface area contributed by atoms with E-state index < -0.39 is 11.7 Å². The Bertz CT molecular complexity index is 1440. The van der Waals surface area contributed by atoms with E-state index in [2.05, 4.69) is 31.3 Å². The van der Waals surface area contributed by atoms with E-state index in [1.807, 2.05) is 6.07 Å². The van der Waals surface area contributed by atoms with E-state index in [0.717, 1.165) is 4.47 Å². The van der Waals surface area contributed by atoms with Crippen LogP contribution in [0.15, 0.2) is 81.1 Å². The number of hydrogen-bond acceptors (Lipinski definition) is 5. The number of aryl methyl sites for hydroxylation is 1. The van der Waals surface area contributed by atoms with Gasteiger partial charge in [-0.3, -0.25) is 9.59 Å². The Kier molecular flexibility index (Phi) is 6.60. The lowest BCUT2D eigenvalue weighted by Crippen LogP contribution is -2.21. The molecule has 7 nitrogen and oxygen atoms in total. The van der Waals surface area contributed by atoms with E-state index in [4.69, 9.17) is 4.74 Å². The molecule has 4 aromatic rings. The van der Waals surface area contributed by atoms with Crippen molar-refractivity contribution in [3.63, 3.8) is 0 Å². The summed E-state index contributed by atoms with van der Waals surface area (Å²) in [6.07, 6.45) is 1.46. The highest BCUT2D eigenvalue weighted by molar-refractivity contribution is 9.10. The van der Waals surface area contributed by atoms with Crippen molar-refractivity contribution in [1.82, 2.24) is 9.66 Å². The van der Waals surface area contributed by atoms with Crippen molar-refractivity contribution in [2.45, 2.75) is 6.92 Å². The zero-order valence-corrected chi connectivity index (χ0v) is 19.0. The van der Waals surface area contributed by atoms with E-state index in [9.17, 15) is 14.0 Å². The van der Waals surface area contributed by atoms with Gasteiger partial charge in [-0.1, -0.05) is 40.2 Å². The topological polar surface area (TPSA) is 85.6 Å². The molecule has 0 spiro atoms. The number of nitrogens with zero attached hydrogens (tertiary/aromatic N) is 3. The van der Waals surface area contributed by atoms with Crippen molar-refractivity contribution in [1.29, 1.82) is 0 Å². The molecule has 1 amide bonds. The quantitative estimate of drug-likeness (QED) is 0.388. The van der Waals surface area contributed by atoms with Crippen molar-refractivity contribution in [2.75, 3.05) is 11.9 Å². The lowest BCUT2D eigenvalue weighted by Gasteiger charge is -2.10. The molecular weight excluding hydrogens is 491 g/mol. The molecule has 9 heteroatoms. The summed E-state index contributed by atoms with van der Waals surface area (Å²) in [4.78, 5) is 29.5. The van der Waals surface area contributed by atoms with Gasteiger partial charge in [-0.15, -0.1) is 0 Å². The molecule has 0 atom stereocenters. The molecule has 0 fully saturated rings. The Morgan fingerprint density at radius 1 is 1.18 bits per heavy atom. The number of fused-ring (bicyclic) bond motifs is 1. The van der Waals surface area contributed by atoms with Crippen LogP contribution < -0.4 is 15.6 Å². The molecular formula is C24H18BrFN4O3. The Balaban J connectivity index is 1.54. The number of hydrogen-bond donors (Lipinski definition) is 1. The summed E-state index contributed by atoms with van der Waals surface area (Å²) in [6, 6.07) is 18.1. The molecule has 0 unspecified atom stereocenters. The SMILES string of the molecule is Cc1nc2ccc(Br)cc2c(=O)n1N=Cc1ccccc1OCC(=O)Nc1ccccc1F. The van der Waals surface area contributed by atoms with Gasteiger partial charge in [0, 0.05) is 10.0 Å². The van der Waals surface area contributed by atoms with Crippen LogP contribution in [0.3, 0.4) is 0 Å². The Labute approximate surface area is 196 Å². The van der Waals surface area contributed by atoms with E-state index in [1.165, 1.54) is 29.1 Å². The zero-order valence-electron chi connectivity index (χ0n) is 17.5. The summed E-state index contributed by atoms with van der Waals surface area (Å²) in [7, 11) is 0. The summed E-state index contributed by atoms with van der Waals surface area (Å²) in [5, 5.41) is 7.19. The van der Waals surface area contributed by atoms with Crippen molar-refractivity contribution in [2.24, 2.45) is 5.10 Å². The van der Waals surface area contributed by atoms with Crippen LogP contribution in [0.4, 0.5) is 10.1 Å². The fourth-order valence-electron chi connectivity index (χ4n) is 3.13. The van der Waals surface area contributed by atoms with Gasteiger partial charge in [0.15, 0.2) is 6.61 Å². The van der Waals surface area contributed by atoms with Crippen LogP contribution >= 0.6 is 15.9 Å². The van der Waals surface area contributed by atoms with Gasteiger partial charge < -0.3 is 10.1 Å². The number of ether oxygens (including phenoxy) is 1. The molecule has 1 N–H and O–H groups in total. The van der Waals surface area contributed by atoms with Crippen molar-refractivity contribution >= 4 is 44.6 Å². The minimum absolute atomic E-state index is 0.0752. The average Bonchev–Trinajstić information content (AvgIpc) is 2.80. The highest BCUT2D eigenvalue weighted by Gasteiger charge is 2.10. The van der Waals surface area contributed by atoms with E-state index in [1.54, 1.807) is 49.4 Å². The number of halogens is 2. The van der Waals surface area contributed by atoms with Crippen LogP contribution in [0.2, 0.25) is 0 Å². The van der Waals surface area contributed by atoms with E-state index >= 15 is 0 Å². The maximum absolute atomic E-state index is 13.7. The number of aromatic nitrogens is 2. The number of rotatable bonds is 6. The molecule has 3 aromatic carbocycles. The number of benzene rings is 3. The maximum atomic E-state index is 13.7. The van der Waals surface area contributed by atoms with Gasteiger partial charge in [0.25, 0.3) is 11.5 Å². The van der Waals surface area contributed by atoms with Crippen molar-refractivity contribution < 1.29 is 13.9 Å². The van der Waals surface area contributed by atoms with E-state index in [0.29, 0.717) is 28.0 Å². The second-order valence-corrected chi connectivity index (χ2v) is 7.95. The van der Waals surface area contributed by atoms with Crippen LogP contribution in [-0.4, -0.2) is 28.4 Å². The molecule has 0 radical (unpaired) electrons. The third-order valence-electron chi connectivity index (χ3n) is 4.71. The van der Waals surface area contributed by atoms with Crippen LogP contribution in [0.25, 0.3) is 10.9 Å². The Morgan fingerprint density at radius 2 is 1.94 bits per heavy atom. The first-order valence-electron chi connectivity index (χ1n) is 9.92. The fourth-order valence-corrected chi connectivity index (χ4v) is 3.49. The second-order valence-electron chi connectivity index (χ2n) is 7.04. The standard InChI is InChI=1S/C24H18BrFN4O3/c1-15-28-20-11-10-17(25)12-18(20)24(32)30(15)27-13-16-6-2-5-9-22(16)33-14-23(31)29-21-8-4-3-7-19(21)26/h2-13H,14H2,1H3,(H,29,31). The predicted molar refractivity (Wildman–Crippen MR) is 128 cm³/mol. The maximum Gasteiger partial charge on any atom is 0.282 e. The Hall–Kier alpha value is -3.85. The molecule has 33 heavy (non-hydrogen) atoms. The smallest absolute Gasteiger partial charge is 0.282 e. The third-order valence-corrected chi connectivity index (χ3v) is 5.20. The number of carbonyl (C=O) groups excluding carboxylic acids is 1. The van der Waals surface area contributed by atoms with E-state index in [-0.39, 0.29) is 17.9 Å². The minimum atomic E-state index is -0.532. The second kappa shape index (κ2) is 9.74. The highest BCUT2D eigenvalue weighted by Crippen LogP contribution is 2.18. The third kappa shape index (κ3) is 5.15. The molecule has 1 aromatic heterocycles. The molecule has 0 aliphatic rings. The summed E-state index contributed by atoms with van der Waals surface area (Å²) < 4.78 is 21.3. The molecule has 1 heterocycles. The van der Waals surface area contributed by atoms with Gasteiger partial charge >= 0.3 is 0 Å². The average molecular weight is 509 g/mol. The van der Waals surface area contributed by atoms with Gasteiger partial charge in [-0.2, -0.15) is 9.78 Å². The number of anilines is 1. The molecule has 0 aliphatic heterocycles. The first-order valence-corrected chi connectivity index (χ1v) is 10.7. The fraction of sp³-hybridized carbons (Fsp3) is 0.0833. The summed E-state index contributed by atoms with van der Waals surface area (Å²) in [5.41, 5.74) is 0.900. The zero-order chi connectivity index (χ0) is 23.4. The van der Waals surface area contributed by atoms with Gasteiger partial charge in [0.05, 0.1) is 22.8 Å². The summed E-state index contributed by atoms with van der Waals surface area (Å²) >= 11 is 3.36. The number of amides is 1. The molecule has 0 bridgehead atoms. The molecule has 166 valence electrons. The highest BCUT2D eigenvalue weighted by atomic mass is 79.9. The predicted octanol–water partition coefficient (Wildman–Crippen LogP) is 4.51. The lowest BCUT2D eigenvalue weighted by molar-refractivity contribution is -0.118. The van der Waals surface area contributed by atoms with Crippen LogP contribution in [0.5, 0.6) is 5.75 Å². The first-order chi connectivity index (χ1) is 15.9. The largest absolute Gasteiger partial charge is 0.483 e. The van der Waals surface area contributed by atoms with Crippen LogP contribution in [0, 0.1) is 12.7 Å². The number of nitrogens with one attached hydrogen (secondary N) is 1. The number of para-hydroxylation sites is 2. The Morgan fingerprint density at radius 3 is 2.76 bits per heavy atom.